The van der Waals surface area contributed by atoms with Gasteiger partial charge in [0.15, 0.2) is 0 Å². The van der Waals surface area contributed by atoms with Crippen molar-refractivity contribution in [2.75, 3.05) is 20.9 Å². The Morgan fingerprint density at radius 1 is 1.35 bits per heavy atom. The van der Waals surface area contributed by atoms with E-state index in [0.717, 1.165) is 0 Å². The van der Waals surface area contributed by atoms with Gasteiger partial charge in [-0.15, -0.1) is 12.4 Å². The topological polar surface area (TPSA) is 64.7 Å². The van der Waals surface area contributed by atoms with Crippen LogP contribution in [0.25, 0.3) is 0 Å². The number of rotatable bonds is 5. The van der Waals surface area contributed by atoms with Crippen molar-refractivity contribution in [1.82, 2.24) is 0 Å². The molecule has 0 fully saturated rings. The summed E-state index contributed by atoms with van der Waals surface area (Å²) in [5, 5.41) is 9.77. The molecule has 4 nitrogen and oxygen atoms in total. The number of methoxy groups -OCH3 is 2. The Hall–Kier alpha value is -1.20. The molecular formula is C11H17ClFNO3. The lowest BCUT2D eigenvalue weighted by molar-refractivity contribution is 0.368. The minimum absolute atomic E-state index is 0. The van der Waals surface area contributed by atoms with Crippen molar-refractivity contribution >= 4 is 12.4 Å². The molecule has 1 rings (SSSR count). The van der Waals surface area contributed by atoms with E-state index in [2.05, 4.69) is 0 Å². The van der Waals surface area contributed by atoms with Crippen LogP contribution < -0.4 is 15.2 Å². The Bertz CT molecular complexity index is 363. The van der Waals surface area contributed by atoms with Crippen LogP contribution in [-0.2, 0) is 0 Å². The van der Waals surface area contributed by atoms with Crippen LogP contribution in [0.4, 0.5) is 4.39 Å². The third-order valence-electron chi connectivity index (χ3n) is 2.34. The van der Waals surface area contributed by atoms with Gasteiger partial charge < -0.3 is 20.3 Å². The summed E-state index contributed by atoms with van der Waals surface area (Å²) < 4.78 is 22.3. The van der Waals surface area contributed by atoms with Crippen molar-refractivity contribution in [2.24, 2.45) is 5.73 Å². The van der Waals surface area contributed by atoms with Crippen molar-refractivity contribution in [1.29, 1.82) is 0 Å². The summed E-state index contributed by atoms with van der Waals surface area (Å²) in [5.74, 6) is 0.820. The summed E-state index contributed by atoms with van der Waals surface area (Å²) in [4.78, 5) is 0. The van der Waals surface area contributed by atoms with Crippen molar-refractivity contribution < 1.29 is 19.0 Å². The first-order chi connectivity index (χ1) is 7.63. The number of alkyl halides is 1. The molecule has 0 amide bonds. The molecule has 1 aromatic carbocycles. The molecule has 0 aliphatic carbocycles. The Kier molecular flexibility index (Phi) is 6.68. The highest BCUT2D eigenvalue weighted by atomic mass is 35.5. The lowest BCUT2D eigenvalue weighted by Gasteiger charge is -2.17. The van der Waals surface area contributed by atoms with Gasteiger partial charge in [-0.3, -0.25) is 4.39 Å². The Morgan fingerprint density at radius 2 is 2.00 bits per heavy atom. The van der Waals surface area contributed by atoms with Gasteiger partial charge in [0.2, 0.25) is 0 Å². The number of phenolic OH excluding ortho intramolecular Hbond substituents is 1. The van der Waals surface area contributed by atoms with Crippen LogP contribution in [0.2, 0.25) is 0 Å². The number of phenols is 1. The standard InChI is InChI=1S/C11H16FNO3.ClH/c1-15-7-5-9(14)11(8(13)3-4-12)10(6-7)16-2;/h5-6,8,14H,3-4,13H2,1-2H3;1H/t8-;/m0./s1. The highest BCUT2D eigenvalue weighted by Crippen LogP contribution is 2.37. The van der Waals surface area contributed by atoms with Crippen LogP contribution in [0.5, 0.6) is 17.2 Å². The SMILES string of the molecule is COc1cc(O)c([C@@H](N)CCF)c(OC)c1.Cl. The Labute approximate surface area is 106 Å². The third-order valence-corrected chi connectivity index (χ3v) is 2.34. The zero-order valence-electron chi connectivity index (χ0n) is 9.77. The molecule has 98 valence electrons. The molecule has 0 heterocycles. The first kappa shape index (κ1) is 15.8. The van der Waals surface area contributed by atoms with E-state index in [4.69, 9.17) is 15.2 Å². The molecule has 0 radical (unpaired) electrons. The van der Waals surface area contributed by atoms with Gasteiger partial charge in [0, 0.05) is 18.2 Å². The van der Waals surface area contributed by atoms with Gasteiger partial charge in [-0.2, -0.15) is 0 Å². The Morgan fingerprint density at radius 3 is 2.47 bits per heavy atom. The molecule has 6 heteroatoms. The van der Waals surface area contributed by atoms with E-state index in [1.54, 1.807) is 6.07 Å². The summed E-state index contributed by atoms with van der Waals surface area (Å²) in [6.45, 7) is -0.546. The predicted molar refractivity (Wildman–Crippen MR) is 66.0 cm³/mol. The molecule has 17 heavy (non-hydrogen) atoms. The van der Waals surface area contributed by atoms with E-state index in [-0.39, 0.29) is 24.6 Å². The van der Waals surface area contributed by atoms with Gasteiger partial charge in [0.1, 0.15) is 17.2 Å². The number of nitrogens with two attached hydrogens (primary N) is 1. The molecular weight excluding hydrogens is 249 g/mol. The van der Waals surface area contributed by atoms with Crippen LogP contribution in [0.3, 0.4) is 0 Å². The van der Waals surface area contributed by atoms with Crippen LogP contribution in [-0.4, -0.2) is 26.0 Å². The lowest BCUT2D eigenvalue weighted by atomic mass is 10.0. The average molecular weight is 266 g/mol. The van der Waals surface area contributed by atoms with E-state index in [1.807, 2.05) is 0 Å². The minimum atomic E-state index is -0.592. The van der Waals surface area contributed by atoms with Crippen LogP contribution in [0, 0.1) is 0 Å². The molecule has 0 unspecified atom stereocenters. The van der Waals surface area contributed by atoms with Gasteiger partial charge >= 0.3 is 0 Å². The van der Waals surface area contributed by atoms with E-state index < -0.39 is 12.7 Å². The van der Waals surface area contributed by atoms with Crippen molar-refractivity contribution in [3.8, 4) is 17.2 Å². The summed E-state index contributed by atoms with van der Waals surface area (Å²) >= 11 is 0. The monoisotopic (exact) mass is 265 g/mol. The molecule has 0 aliphatic rings. The predicted octanol–water partition coefficient (Wildman–Crippen LogP) is 2.19. The zero-order valence-corrected chi connectivity index (χ0v) is 10.6. The molecule has 0 saturated heterocycles. The summed E-state index contributed by atoms with van der Waals surface area (Å²) in [5.41, 5.74) is 6.16. The van der Waals surface area contributed by atoms with Gasteiger partial charge in [-0.05, 0) is 6.42 Å². The second kappa shape index (κ2) is 7.19. The average Bonchev–Trinajstić information content (AvgIpc) is 2.27. The van der Waals surface area contributed by atoms with E-state index in [0.29, 0.717) is 17.1 Å². The first-order valence-corrected chi connectivity index (χ1v) is 4.90. The molecule has 1 atom stereocenters. The highest BCUT2D eigenvalue weighted by molar-refractivity contribution is 5.85. The summed E-state index contributed by atoms with van der Waals surface area (Å²) in [6.07, 6.45) is 0.135. The second-order valence-corrected chi connectivity index (χ2v) is 3.35. The quantitative estimate of drug-likeness (QED) is 0.857. The van der Waals surface area contributed by atoms with Gasteiger partial charge in [0.25, 0.3) is 0 Å². The third kappa shape index (κ3) is 3.64. The first-order valence-electron chi connectivity index (χ1n) is 4.90. The van der Waals surface area contributed by atoms with Crippen molar-refractivity contribution in [2.45, 2.75) is 12.5 Å². The number of hydrogen-bond donors (Lipinski definition) is 2. The molecule has 3 N–H and O–H groups in total. The second-order valence-electron chi connectivity index (χ2n) is 3.35. The van der Waals surface area contributed by atoms with Gasteiger partial charge in [-0.25, -0.2) is 0 Å². The fourth-order valence-corrected chi connectivity index (χ4v) is 1.51. The lowest BCUT2D eigenvalue weighted by Crippen LogP contribution is -2.12. The molecule has 0 bridgehead atoms. The van der Waals surface area contributed by atoms with Crippen LogP contribution in [0.1, 0.15) is 18.0 Å². The molecule has 0 spiro atoms. The largest absolute Gasteiger partial charge is 0.507 e. The maximum Gasteiger partial charge on any atom is 0.131 e. The maximum absolute atomic E-state index is 12.2. The highest BCUT2D eigenvalue weighted by Gasteiger charge is 2.18. The normalized spacial score (nSPS) is 11.5. The van der Waals surface area contributed by atoms with Gasteiger partial charge in [-0.1, -0.05) is 0 Å². The molecule has 1 aromatic rings. The van der Waals surface area contributed by atoms with E-state index in [9.17, 15) is 9.50 Å². The Balaban J connectivity index is 0.00000256. The maximum atomic E-state index is 12.2. The van der Waals surface area contributed by atoms with Gasteiger partial charge in [0.05, 0.1) is 26.5 Å². The van der Waals surface area contributed by atoms with E-state index in [1.165, 1.54) is 20.3 Å². The van der Waals surface area contributed by atoms with Crippen LogP contribution in [0.15, 0.2) is 12.1 Å². The number of hydrogen-bond acceptors (Lipinski definition) is 4. The molecule has 0 saturated carbocycles. The number of benzene rings is 1. The fourth-order valence-electron chi connectivity index (χ4n) is 1.51. The fraction of sp³-hybridized carbons (Fsp3) is 0.455. The smallest absolute Gasteiger partial charge is 0.131 e. The number of ether oxygens (including phenoxy) is 2. The van der Waals surface area contributed by atoms with Crippen LogP contribution >= 0.6 is 12.4 Å². The van der Waals surface area contributed by atoms with Crippen molar-refractivity contribution in [3.63, 3.8) is 0 Å². The van der Waals surface area contributed by atoms with Crippen molar-refractivity contribution in [3.05, 3.63) is 17.7 Å². The zero-order chi connectivity index (χ0) is 12.1. The number of halogens is 2. The summed E-state index contributed by atoms with van der Waals surface area (Å²) in [6, 6.07) is 2.44. The molecule has 0 aliphatic heterocycles. The number of aromatic hydroxyl groups is 1. The van der Waals surface area contributed by atoms with E-state index >= 15 is 0 Å². The molecule has 0 aromatic heterocycles. The minimum Gasteiger partial charge on any atom is -0.507 e. The summed E-state index contributed by atoms with van der Waals surface area (Å²) in [7, 11) is 2.94.